The Morgan fingerprint density at radius 1 is 1.13 bits per heavy atom. The molecule has 0 bridgehead atoms. The highest BCUT2D eigenvalue weighted by Gasteiger charge is 2.12. The highest BCUT2D eigenvalue weighted by atomic mass is 16.5. The van der Waals surface area contributed by atoms with Gasteiger partial charge in [-0.15, -0.1) is 0 Å². The van der Waals surface area contributed by atoms with E-state index in [1.165, 1.54) is 5.56 Å². The zero-order chi connectivity index (χ0) is 17.0. The third-order valence-electron chi connectivity index (χ3n) is 3.65. The molecule has 23 heavy (non-hydrogen) atoms. The maximum absolute atomic E-state index is 12.5. The molecule has 0 unspecified atom stereocenters. The molecule has 0 aliphatic heterocycles. The van der Waals surface area contributed by atoms with Gasteiger partial charge in [0.25, 0.3) is 5.91 Å². The van der Waals surface area contributed by atoms with Gasteiger partial charge in [0.15, 0.2) is 0 Å². The number of hydrogen-bond acceptors (Lipinski definition) is 3. The summed E-state index contributed by atoms with van der Waals surface area (Å²) in [5.41, 5.74) is 11.1. The monoisotopic (exact) mass is 312 g/mol. The summed E-state index contributed by atoms with van der Waals surface area (Å²) in [6.45, 7) is 8.67. The summed E-state index contributed by atoms with van der Waals surface area (Å²) in [6.07, 6.45) is 0.910. The predicted molar refractivity (Wildman–Crippen MR) is 95.2 cm³/mol. The maximum Gasteiger partial charge on any atom is 0.255 e. The minimum atomic E-state index is -0.172. The molecule has 2 aromatic rings. The van der Waals surface area contributed by atoms with E-state index in [1.54, 1.807) is 18.2 Å². The smallest absolute Gasteiger partial charge is 0.255 e. The van der Waals surface area contributed by atoms with E-state index in [0.29, 0.717) is 23.6 Å². The van der Waals surface area contributed by atoms with Gasteiger partial charge in [0.1, 0.15) is 5.75 Å². The highest BCUT2D eigenvalue weighted by Crippen LogP contribution is 2.25. The van der Waals surface area contributed by atoms with Gasteiger partial charge >= 0.3 is 0 Å². The average molecular weight is 312 g/mol. The van der Waals surface area contributed by atoms with E-state index in [2.05, 4.69) is 17.4 Å². The Hall–Kier alpha value is -2.49. The molecular weight excluding hydrogens is 288 g/mol. The predicted octanol–water partition coefficient (Wildman–Crippen LogP) is 4.24. The molecule has 0 aliphatic rings. The van der Waals surface area contributed by atoms with E-state index in [9.17, 15) is 4.79 Å². The molecule has 4 nitrogen and oxygen atoms in total. The Labute approximate surface area is 137 Å². The Morgan fingerprint density at radius 2 is 1.78 bits per heavy atom. The summed E-state index contributed by atoms with van der Waals surface area (Å²) in [6, 6.07) is 9.24. The minimum Gasteiger partial charge on any atom is -0.491 e. The van der Waals surface area contributed by atoms with Gasteiger partial charge in [-0.3, -0.25) is 4.79 Å². The van der Waals surface area contributed by atoms with Crippen LogP contribution in [0.15, 0.2) is 30.3 Å². The molecule has 0 saturated carbocycles. The lowest BCUT2D eigenvalue weighted by molar-refractivity contribution is 0.102. The van der Waals surface area contributed by atoms with Crippen LogP contribution >= 0.6 is 0 Å². The summed E-state index contributed by atoms with van der Waals surface area (Å²) in [5, 5.41) is 2.98. The first-order chi connectivity index (χ1) is 10.9. The van der Waals surface area contributed by atoms with Crippen LogP contribution in [-0.4, -0.2) is 12.5 Å². The van der Waals surface area contributed by atoms with Gasteiger partial charge in [0, 0.05) is 11.3 Å². The first-order valence-corrected chi connectivity index (χ1v) is 7.84. The third-order valence-corrected chi connectivity index (χ3v) is 3.65. The molecule has 0 fully saturated rings. The fraction of sp³-hybridized carbons (Fsp3) is 0.316. The number of nitrogens with two attached hydrogens (primary N) is 1. The molecule has 0 atom stereocenters. The highest BCUT2D eigenvalue weighted by molar-refractivity contribution is 6.05. The summed E-state index contributed by atoms with van der Waals surface area (Å²) in [5.74, 6) is 0.444. The topological polar surface area (TPSA) is 64.3 Å². The van der Waals surface area contributed by atoms with E-state index in [1.807, 2.05) is 27.7 Å². The summed E-state index contributed by atoms with van der Waals surface area (Å²) in [7, 11) is 0. The molecule has 122 valence electrons. The molecule has 2 rings (SSSR count). The molecule has 0 saturated heterocycles. The molecule has 3 N–H and O–H groups in total. The summed E-state index contributed by atoms with van der Waals surface area (Å²) >= 11 is 0. The fourth-order valence-corrected chi connectivity index (χ4v) is 2.60. The summed E-state index contributed by atoms with van der Waals surface area (Å²) < 4.78 is 5.53. The Bertz CT molecular complexity index is 700. The number of rotatable bonds is 5. The fourth-order valence-electron chi connectivity index (χ4n) is 2.60. The van der Waals surface area contributed by atoms with Crippen LogP contribution in [0.5, 0.6) is 5.75 Å². The van der Waals surface area contributed by atoms with Crippen molar-refractivity contribution in [2.75, 3.05) is 17.7 Å². The van der Waals surface area contributed by atoms with Crippen molar-refractivity contribution in [1.82, 2.24) is 0 Å². The third kappa shape index (κ3) is 4.03. The molecular formula is C19H24N2O2. The molecule has 0 aliphatic carbocycles. The Kier molecular flexibility index (Phi) is 5.27. The second-order valence-electron chi connectivity index (χ2n) is 5.83. The van der Waals surface area contributed by atoms with E-state index in [-0.39, 0.29) is 5.91 Å². The molecule has 0 heterocycles. The van der Waals surface area contributed by atoms with Crippen molar-refractivity contribution in [3.63, 3.8) is 0 Å². The van der Waals surface area contributed by atoms with Crippen LogP contribution < -0.4 is 15.8 Å². The lowest BCUT2D eigenvalue weighted by atomic mass is 10.0. The van der Waals surface area contributed by atoms with Crippen molar-refractivity contribution in [3.8, 4) is 5.75 Å². The Balaban J connectivity index is 2.20. The van der Waals surface area contributed by atoms with Gasteiger partial charge in [-0.1, -0.05) is 24.6 Å². The van der Waals surface area contributed by atoms with Crippen LogP contribution in [0.3, 0.4) is 0 Å². The zero-order valence-corrected chi connectivity index (χ0v) is 14.2. The number of amides is 1. The largest absolute Gasteiger partial charge is 0.491 e. The van der Waals surface area contributed by atoms with Crippen LogP contribution in [-0.2, 0) is 0 Å². The van der Waals surface area contributed by atoms with Gasteiger partial charge in [-0.2, -0.15) is 0 Å². The number of benzene rings is 2. The first kappa shape index (κ1) is 16.9. The van der Waals surface area contributed by atoms with E-state index in [4.69, 9.17) is 10.5 Å². The zero-order valence-electron chi connectivity index (χ0n) is 14.2. The number of carbonyl (C=O) groups is 1. The first-order valence-electron chi connectivity index (χ1n) is 7.84. The van der Waals surface area contributed by atoms with Crippen molar-refractivity contribution < 1.29 is 9.53 Å². The molecule has 2 aromatic carbocycles. The van der Waals surface area contributed by atoms with Gasteiger partial charge < -0.3 is 15.8 Å². The van der Waals surface area contributed by atoms with Crippen LogP contribution in [0.1, 0.15) is 40.4 Å². The molecule has 0 spiro atoms. The summed E-state index contributed by atoms with van der Waals surface area (Å²) in [4.78, 5) is 12.5. The number of ether oxygens (including phenoxy) is 1. The van der Waals surface area contributed by atoms with Crippen LogP contribution in [0, 0.1) is 20.8 Å². The maximum atomic E-state index is 12.5. The van der Waals surface area contributed by atoms with Crippen LogP contribution in [0.4, 0.5) is 11.4 Å². The normalized spacial score (nSPS) is 10.4. The van der Waals surface area contributed by atoms with Crippen molar-refractivity contribution in [2.24, 2.45) is 0 Å². The van der Waals surface area contributed by atoms with Crippen LogP contribution in [0.2, 0.25) is 0 Å². The lowest BCUT2D eigenvalue weighted by Gasteiger charge is -2.14. The second kappa shape index (κ2) is 7.18. The molecule has 4 heteroatoms. The van der Waals surface area contributed by atoms with E-state index >= 15 is 0 Å². The van der Waals surface area contributed by atoms with Gasteiger partial charge in [0.2, 0.25) is 0 Å². The van der Waals surface area contributed by atoms with Gasteiger partial charge in [-0.05, 0) is 56.5 Å². The SMILES string of the molecule is CCCOc1ccc(C(=O)Nc2c(C)cc(C)cc2C)cc1N. The number of nitrogens with one attached hydrogen (secondary N) is 1. The van der Waals surface area contributed by atoms with Crippen molar-refractivity contribution in [2.45, 2.75) is 34.1 Å². The van der Waals surface area contributed by atoms with Gasteiger partial charge in [-0.25, -0.2) is 0 Å². The molecule has 0 aromatic heterocycles. The number of carbonyl (C=O) groups excluding carboxylic acids is 1. The number of hydrogen-bond donors (Lipinski definition) is 2. The second-order valence-corrected chi connectivity index (χ2v) is 5.83. The molecule has 1 amide bonds. The molecule has 0 radical (unpaired) electrons. The lowest BCUT2D eigenvalue weighted by Crippen LogP contribution is -2.14. The van der Waals surface area contributed by atoms with Gasteiger partial charge in [0.05, 0.1) is 12.3 Å². The van der Waals surface area contributed by atoms with Crippen molar-refractivity contribution in [1.29, 1.82) is 0 Å². The standard InChI is InChI=1S/C19H24N2O2/c1-5-8-23-17-7-6-15(11-16(17)20)19(22)21-18-13(3)9-12(2)10-14(18)4/h6-7,9-11H,5,8,20H2,1-4H3,(H,21,22). The van der Waals surface area contributed by atoms with Crippen LogP contribution in [0.25, 0.3) is 0 Å². The van der Waals surface area contributed by atoms with E-state index < -0.39 is 0 Å². The minimum absolute atomic E-state index is 0.172. The number of nitrogen functional groups attached to an aromatic ring is 1. The van der Waals surface area contributed by atoms with E-state index in [0.717, 1.165) is 23.2 Å². The van der Waals surface area contributed by atoms with Crippen molar-refractivity contribution in [3.05, 3.63) is 52.6 Å². The average Bonchev–Trinajstić information content (AvgIpc) is 2.49. The van der Waals surface area contributed by atoms with Crippen molar-refractivity contribution >= 4 is 17.3 Å². The number of anilines is 2. The quantitative estimate of drug-likeness (QED) is 0.812. The Morgan fingerprint density at radius 3 is 2.35 bits per heavy atom. The number of aryl methyl sites for hydroxylation is 3.